The summed E-state index contributed by atoms with van der Waals surface area (Å²) in [5, 5.41) is 1.00. The Morgan fingerprint density at radius 1 is 1.33 bits per heavy atom. The number of hydrogen-bond acceptors (Lipinski definition) is 2. The Kier molecular flexibility index (Phi) is 2.50. The van der Waals surface area contributed by atoms with E-state index in [2.05, 4.69) is 4.98 Å². The van der Waals surface area contributed by atoms with Crippen LogP contribution < -0.4 is 15.8 Å². The predicted molar refractivity (Wildman–Crippen MR) is 62.4 cm³/mol. The third-order valence-electron chi connectivity index (χ3n) is 2.39. The topological polar surface area (TPSA) is 42.1 Å². The number of ether oxygens (including phenoxy) is 1. The van der Waals surface area contributed by atoms with Crippen LogP contribution in [-0.4, -0.2) is 19.4 Å². The Balaban J connectivity index is 2.70. The maximum Gasteiger partial charge on any atom is 0.242 e. The van der Waals surface area contributed by atoms with Gasteiger partial charge in [0.15, 0.2) is 7.28 Å². The lowest BCUT2D eigenvalue weighted by Gasteiger charge is -2.03. The molecule has 3 nitrogen and oxygen atoms in total. The lowest BCUT2D eigenvalue weighted by molar-refractivity contribution is 0.415. The molecular formula is C11H11BNO2. The molecule has 1 radical (unpaired) electrons. The molecule has 0 atom stereocenters. The number of pyridine rings is 1. The number of rotatable bonds is 2. The van der Waals surface area contributed by atoms with Crippen molar-refractivity contribution >= 4 is 23.6 Å². The highest BCUT2D eigenvalue weighted by Crippen LogP contribution is 2.16. The molecule has 15 heavy (non-hydrogen) atoms. The molecule has 1 aromatic carbocycles. The maximum atomic E-state index is 11.5. The SMILES string of the molecule is C[B]c1cc2ccc(OC)cc2[nH]c1=O. The van der Waals surface area contributed by atoms with E-state index in [1.54, 1.807) is 14.4 Å². The number of aromatic amines is 1. The average Bonchev–Trinajstić information content (AvgIpc) is 2.27. The number of H-pyrrole nitrogens is 1. The van der Waals surface area contributed by atoms with Crippen molar-refractivity contribution in [2.45, 2.75) is 6.82 Å². The molecule has 2 rings (SSSR count). The predicted octanol–water partition coefficient (Wildman–Crippen LogP) is 0.914. The first-order valence-electron chi connectivity index (χ1n) is 4.75. The molecule has 0 aliphatic heterocycles. The van der Waals surface area contributed by atoms with Crippen molar-refractivity contribution in [3.05, 3.63) is 34.6 Å². The Morgan fingerprint density at radius 2 is 2.13 bits per heavy atom. The smallest absolute Gasteiger partial charge is 0.242 e. The van der Waals surface area contributed by atoms with Crippen molar-refractivity contribution in [3.8, 4) is 5.75 Å². The Labute approximate surface area is 88.3 Å². The van der Waals surface area contributed by atoms with E-state index in [0.717, 1.165) is 16.7 Å². The number of hydrogen-bond donors (Lipinski definition) is 1. The van der Waals surface area contributed by atoms with Crippen LogP contribution in [0, 0.1) is 0 Å². The molecule has 0 amide bonds. The van der Waals surface area contributed by atoms with Gasteiger partial charge in [0.25, 0.3) is 0 Å². The minimum atomic E-state index is -0.0711. The van der Waals surface area contributed by atoms with Crippen LogP contribution in [0.3, 0.4) is 0 Å². The standard InChI is InChI=1S/C11H11BNO2/c1-12-9-5-7-3-4-8(15-2)6-10(7)13-11(9)14/h3-6H,1-2H3,(H,13,14). The summed E-state index contributed by atoms with van der Waals surface area (Å²) in [5.41, 5.74) is 1.41. The zero-order valence-corrected chi connectivity index (χ0v) is 8.70. The van der Waals surface area contributed by atoms with E-state index in [9.17, 15) is 4.79 Å². The van der Waals surface area contributed by atoms with Crippen LogP contribution in [0.2, 0.25) is 6.82 Å². The van der Waals surface area contributed by atoms with Crippen LogP contribution in [0.15, 0.2) is 29.1 Å². The van der Waals surface area contributed by atoms with Crippen molar-refractivity contribution in [2.24, 2.45) is 0 Å². The van der Waals surface area contributed by atoms with Gasteiger partial charge in [0.2, 0.25) is 5.56 Å². The van der Waals surface area contributed by atoms with Crippen molar-refractivity contribution in [1.82, 2.24) is 4.98 Å². The van der Waals surface area contributed by atoms with Gasteiger partial charge in [-0.05, 0) is 23.0 Å². The van der Waals surface area contributed by atoms with Crippen LogP contribution in [0.1, 0.15) is 0 Å². The monoisotopic (exact) mass is 200 g/mol. The average molecular weight is 200 g/mol. The highest BCUT2D eigenvalue weighted by molar-refractivity contribution is 6.52. The van der Waals surface area contributed by atoms with Crippen molar-refractivity contribution in [1.29, 1.82) is 0 Å². The van der Waals surface area contributed by atoms with E-state index in [1.165, 1.54) is 0 Å². The molecule has 0 saturated carbocycles. The summed E-state index contributed by atoms with van der Waals surface area (Å²) in [6.45, 7) is 1.85. The van der Waals surface area contributed by atoms with E-state index in [4.69, 9.17) is 4.74 Å². The second kappa shape index (κ2) is 3.81. The zero-order valence-electron chi connectivity index (χ0n) is 8.70. The third-order valence-corrected chi connectivity index (χ3v) is 2.39. The number of nitrogens with one attached hydrogen (secondary N) is 1. The van der Waals surface area contributed by atoms with Crippen molar-refractivity contribution < 1.29 is 4.74 Å². The second-order valence-electron chi connectivity index (χ2n) is 3.30. The molecule has 0 aliphatic rings. The first-order chi connectivity index (χ1) is 7.24. The lowest BCUT2D eigenvalue weighted by atomic mass is 9.74. The Hall–Kier alpha value is -1.71. The van der Waals surface area contributed by atoms with Gasteiger partial charge < -0.3 is 9.72 Å². The minimum Gasteiger partial charge on any atom is -0.497 e. The van der Waals surface area contributed by atoms with Gasteiger partial charge in [-0.2, -0.15) is 0 Å². The van der Waals surface area contributed by atoms with Crippen molar-refractivity contribution in [2.75, 3.05) is 7.11 Å². The number of aromatic nitrogens is 1. The molecule has 2 aromatic rings. The molecule has 1 heterocycles. The number of fused-ring (bicyclic) bond motifs is 1. The van der Waals surface area contributed by atoms with E-state index in [-0.39, 0.29) is 5.56 Å². The van der Waals surface area contributed by atoms with E-state index < -0.39 is 0 Å². The fourth-order valence-electron chi connectivity index (χ4n) is 1.54. The summed E-state index contributed by atoms with van der Waals surface area (Å²) in [4.78, 5) is 14.4. The van der Waals surface area contributed by atoms with Gasteiger partial charge >= 0.3 is 0 Å². The van der Waals surface area contributed by atoms with Gasteiger partial charge in [0.1, 0.15) is 5.75 Å². The minimum absolute atomic E-state index is 0.0711. The van der Waals surface area contributed by atoms with Gasteiger partial charge in [0, 0.05) is 6.07 Å². The zero-order chi connectivity index (χ0) is 10.8. The van der Waals surface area contributed by atoms with Gasteiger partial charge in [-0.1, -0.05) is 12.9 Å². The quantitative estimate of drug-likeness (QED) is 0.732. The molecule has 75 valence electrons. The van der Waals surface area contributed by atoms with Crippen LogP contribution in [-0.2, 0) is 0 Å². The van der Waals surface area contributed by atoms with Gasteiger partial charge in [-0.3, -0.25) is 4.79 Å². The largest absolute Gasteiger partial charge is 0.497 e. The fourth-order valence-corrected chi connectivity index (χ4v) is 1.54. The molecule has 1 N–H and O–H groups in total. The van der Waals surface area contributed by atoms with Crippen LogP contribution >= 0.6 is 0 Å². The first kappa shape index (κ1) is 9.83. The molecule has 0 unspecified atom stereocenters. The van der Waals surface area contributed by atoms with E-state index in [0.29, 0.717) is 5.46 Å². The second-order valence-corrected chi connectivity index (χ2v) is 3.30. The normalized spacial score (nSPS) is 10.3. The summed E-state index contributed by atoms with van der Waals surface area (Å²) < 4.78 is 5.09. The van der Waals surface area contributed by atoms with Crippen LogP contribution in [0.5, 0.6) is 5.75 Å². The Bertz CT molecular complexity index is 548. The molecule has 0 fully saturated rings. The van der Waals surface area contributed by atoms with Crippen molar-refractivity contribution in [3.63, 3.8) is 0 Å². The molecule has 4 heteroatoms. The third kappa shape index (κ3) is 1.75. The molecule has 1 aromatic heterocycles. The molecule has 0 bridgehead atoms. The summed E-state index contributed by atoms with van der Waals surface area (Å²) in [6, 6.07) is 7.49. The maximum absolute atomic E-state index is 11.5. The molecule has 0 saturated heterocycles. The van der Waals surface area contributed by atoms with Gasteiger partial charge in [-0.25, -0.2) is 0 Å². The highest BCUT2D eigenvalue weighted by atomic mass is 16.5. The highest BCUT2D eigenvalue weighted by Gasteiger charge is 2.02. The van der Waals surface area contributed by atoms with Gasteiger partial charge in [-0.15, -0.1) is 0 Å². The lowest BCUT2D eigenvalue weighted by Crippen LogP contribution is -2.31. The van der Waals surface area contributed by atoms with Crippen LogP contribution in [0.4, 0.5) is 0 Å². The molecule has 0 spiro atoms. The fraction of sp³-hybridized carbons (Fsp3) is 0.182. The summed E-state index contributed by atoms with van der Waals surface area (Å²) >= 11 is 0. The summed E-state index contributed by atoms with van der Waals surface area (Å²) in [6.07, 6.45) is 0. The number of methoxy groups -OCH3 is 1. The van der Waals surface area contributed by atoms with Crippen LogP contribution in [0.25, 0.3) is 10.9 Å². The number of benzene rings is 1. The molecular weight excluding hydrogens is 189 g/mol. The summed E-state index contributed by atoms with van der Waals surface area (Å²) in [7, 11) is 3.40. The molecule has 0 aliphatic carbocycles. The first-order valence-corrected chi connectivity index (χ1v) is 4.75. The van der Waals surface area contributed by atoms with E-state index in [1.807, 2.05) is 31.1 Å². The Morgan fingerprint density at radius 3 is 2.80 bits per heavy atom. The van der Waals surface area contributed by atoms with Gasteiger partial charge in [0.05, 0.1) is 12.6 Å². The van der Waals surface area contributed by atoms with E-state index >= 15 is 0 Å². The summed E-state index contributed by atoms with van der Waals surface area (Å²) in [5.74, 6) is 0.742.